The number of hydrogen-bond donors (Lipinski definition) is 2. The number of alkyl halides is 3. The Morgan fingerprint density at radius 1 is 1.19 bits per heavy atom. The first-order valence-corrected chi connectivity index (χ1v) is 14.4. The van der Waals surface area contributed by atoms with Gasteiger partial charge in [-0.15, -0.1) is 0 Å². The van der Waals surface area contributed by atoms with Crippen LogP contribution in [0, 0.1) is 5.41 Å². The van der Waals surface area contributed by atoms with Gasteiger partial charge in [0.1, 0.15) is 9.84 Å². The second-order valence-electron chi connectivity index (χ2n) is 10.9. The topological polar surface area (TPSA) is 110 Å². The third-order valence-corrected chi connectivity index (χ3v) is 8.42. The number of amides is 2. The first kappa shape index (κ1) is 28.4. The van der Waals surface area contributed by atoms with E-state index in [9.17, 15) is 31.2 Å². The average molecular weight is 532 g/mol. The number of nitrogens with one attached hydrogen (secondary N) is 1. The maximum atomic E-state index is 13.9. The molecule has 1 aromatic carbocycles. The van der Waals surface area contributed by atoms with Crippen LogP contribution in [0.25, 0.3) is 0 Å². The Kier molecular flexibility index (Phi) is 8.15. The molecule has 1 heterocycles. The molecule has 2 amide bonds. The van der Waals surface area contributed by atoms with Gasteiger partial charge in [-0.25, -0.2) is 8.42 Å². The Morgan fingerprint density at radius 2 is 1.83 bits per heavy atom. The van der Waals surface area contributed by atoms with Crippen molar-refractivity contribution in [3.05, 3.63) is 34.9 Å². The molecular weight excluding hydrogens is 495 g/mol. The monoisotopic (exact) mass is 531 g/mol. The van der Waals surface area contributed by atoms with Crippen LogP contribution in [0.2, 0.25) is 0 Å². The fourth-order valence-electron chi connectivity index (χ4n) is 5.41. The number of rotatable bonds is 9. The van der Waals surface area contributed by atoms with Gasteiger partial charge in [-0.3, -0.25) is 14.9 Å². The number of nitrogens with zero attached hydrogens (tertiary/aromatic N) is 1. The summed E-state index contributed by atoms with van der Waals surface area (Å²) in [5, 5.41) is 3.53. The second-order valence-corrected chi connectivity index (χ2v) is 13.2. The number of nitrogens with two attached hydrogens (primary N) is 1. The summed E-state index contributed by atoms with van der Waals surface area (Å²) in [6, 6.07) is 3.25. The molecule has 2 aliphatic rings. The molecule has 1 atom stereocenters. The molecule has 1 saturated heterocycles. The van der Waals surface area contributed by atoms with Gasteiger partial charge in [0.05, 0.1) is 22.9 Å². The van der Waals surface area contributed by atoms with Crippen LogP contribution >= 0.6 is 0 Å². The Hall–Kier alpha value is -2.14. The molecule has 1 unspecified atom stereocenters. The predicted octanol–water partition coefficient (Wildman–Crippen LogP) is 3.83. The first-order valence-electron chi connectivity index (χ1n) is 12.3. The standard InChI is InChI=1S/C25H36F3N3O4S/c1-23(2,13-15-36(3,34)35)16-30-24(11-5-4-6-12-24)31-14-10-18(22(31)33)20-17(21(29)32)8-7-9-19(20)25(26,27)28/h7-9,18,30H,4-6,10-16H2,1-3H3,(H2,29,32). The Morgan fingerprint density at radius 3 is 2.39 bits per heavy atom. The van der Waals surface area contributed by atoms with E-state index in [1.807, 2.05) is 13.8 Å². The lowest BCUT2D eigenvalue weighted by atomic mass is 9.84. The Labute approximate surface area is 210 Å². The smallest absolute Gasteiger partial charge is 0.366 e. The van der Waals surface area contributed by atoms with Crippen molar-refractivity contribution in [2.75, 3.05) is 25.1 Å². The van der Waals surface area contributed by atoms with Crippen molar-refractivity contribution in [3.8, 4) is 0 Å². The van der Waals surface area contributed by atoms with E-state index < -0.39 is 45.0 Å². The fraction of sp³-hybridized carbons (Fsp3) is 0.680. The molecule has 0 bridgehead atoms. The van der Waals surface area contributed by atoms with Crippen molar-refractivity contribution >= 4 is 21.7 Å². The van der Waals surface area contributed by atoms with E-state index in [0.29, 0.717) is 25.8 Å². The van der Waals surface area contributed by atoms with Crippen molar-refractivity contribution in [2.24, 2.45) is 11.1 Å². The summed E-state index contributed by atoms with van der Waals surface area (Å²) in [7, 11) is -3.13. The lowest BCUT2D eigenvalue weighted by molar-refractivity contribution is -0.140. The molecule has 1 saturated carbocycles. The zero-order chi connectivity index (χ0) is 26.9. The van der Waals surface area contributed by atoms with Crippen molar-refractivity contribution in [1.29, 1.82) is 0 Å². The molecule has 2 fully saturated rings. The third kappa shape index (κ3) is 6.40. The highest BCUT2D eigenvalue weighted by Crippen LogP contribution is 2.44. The summed E-state index contributed by atoms with van der Waals surface area (Å²) in [5.74, 6) is -2.52. The first-order chi connectivity index (χ1) is 16.6. The summed E-state index contributed by atoms with van der Waals surface area (Å²) < 4.78 is 64.9. The zero-order valence-electron chi connectivity index (χ0n) is 21.1. The second kappa shape index (κ2) is 10.3. The van der Waals surface area contributed by atoms with Crippen LogP contribution in [0.15, 0.2) is 18.2 Å². The molecule has 1 aliphatic heterocycles. The molecule has 11 heteroatoms. The molecule has 0 radical (unpaired) electrons. The van der Waals surface area contributed by atoms with Gasteiger partial charge in [-0.2, -0.15) is 13.2 Å². The van der Waals surface area contributed by atoms with E-state index in [1.165, 1.54) is 12.3 Å². The molecule has 1 aliphatic carbocycles. The predicted molar refractivity (Wildman–Crippen MR) is 131 cm³/mol. The number of carbonyl (C=O) groups is 2. The third-order valence-electron chi connectivity index (χ3n) is 7.47. The summed E-state index contributed by atoms with van der Waals surface area (Å²) in [4.78, 5) is 27.4. The van der Waals surface area contributed by atoms with Crippen LogP contribution < -0.4 is 11.1 Å². The normalized spacial score (nSPS) is 21.1. The maximum Gasteiger partial charge on any atom is 0.416 e. The highest BCUT2D eigenvalue weighted by molar-refractivity contribution is 7.90. The lowest BCUT2D eigenvalue weighted by Crippen LogP contribution is -2.62. The van der Waals surface area contributed by atoms with E-state index >= 15 is 0 Å². The molecular formula is C25H36F3N3O4S. The molecule has 3 N–H and O–H groups in total. The molecule has 202 valence electrons. The van der Waals surface area contributed by atoms with Gasteiger partial charge in [0.2, 0.25) is 11.8 Å². The lowest BCUT2D eigenvalue weighted by Gasteiger charge is -2.47. The maximum absolute atomic E-state index is 13.9. The van der Waals surface area contributed by atoms with Gasteiger partial charge >= 0.3 is 6.18 Å². The highest BCUT2D eigenvalue weighted by atomic mass is 32.2. The number of halogens is 3. The minimum atomic E-state index is -4.74. The quantitative estimate of drug-likeness (QED) is 0.503. The number of primary amides is 1. The average Bonchev–Trinajstić information content (AvgIpc) is 3.17. The Bertz CT molecular complexity index is 1100. The van der Waals surface area contributed by atoms with Crippen molar-refractivity contribution < 1.29 is 31.2 Å². The number of sulfone groups is 1. The van der Waals surface area contributed by atoms with Gasteiger partial charge in [0.15, 0.2) is 0 Å². The van der Waals surface area contributed by atoms with E-state index in [2.05, 4.69) is 5.32 Å². The van der Waals surface area contributed by atoms with E-state index in [4.69, 9.17) is 5.73 Å². The van der Waals surface area contributed by atoms with Crippen LogP contribution in [-0.2, 0) is 20.8 Å². The van der Waals surface area contributed by atoms with Crippen LogP contribution in [0.5, 0.6) is 0 Å². The van der Waals surface area contributed by atoms with Gasteiger partial charge in [0, 0.05) is 24.9 Å². The van der Waals surface area contributed by atoms with Crippen molar-refractivity contribution in [1.82, 2.24) is 10.2 Å². The highest BCUT2D eigenvalue weighted by Gasteiger charge is 2.49. The molecule has 0 aromatic heterocycles. The number of likely N-dealkylation sites (tertiary alicyclic amines) is 1. The summed E-state index contributed by atoms with van der Waals surface area (Å²) in [5.41, 5.74) is 2.67. The number of benzene rings is 1. The molecule has 36 heavy (non-hydrogen) atoms. The van der Waals surface area contributed by atoms with Crippen LogP contribution in [0.3, 0.4) is 0 Å². The van der Waals surface area contributed by atoms with Crippen molar-refractivity contribution in [2.45, 2.75) is 76.6 Å². The minimum absolute atomic E-state index is 0.0452. The van der Waals surface area contributed by atoms with Crippen LogP contribution in [0.4, 0.5) is 13.2 Å². The van der Waals surface area contributed by atoms with Crippen LogP contribution in [-0.4, -0.2) is 55.9 Å². The number of carbonyl (C=O) groups excluding carboxylic acids is 2. The largest absolute Gasteiger partial charge is 0.416 e. The minimum Gasteiger partial charge on any atom is -0.366 e. The van der Waals surface area contributed by atoms with Gasteiger partial charge < -0.3 is 10.6 Å². The van der Waals surface area contributed by atoms with E-state index in [0.717, 1.165) is 31.4 Å². The van der Waals surface area contributed by atoms with Gasteiger partial charge in [-0.1, -0.05) is 26.3 Å². The zero-order valence-corrected chi connectivity index (χ0v) is 21.9. The van der Waals surface area contributed by atoms with Crippen molar-refractivity contribution in [3.63, 3.8) is 0 Å². The van der Waals surface area contributed by atoms with Gasteiger partial charge in [0.25, 0.3) is 0 Å². The molecule has 0 spiro atoms. The molecule has 7 nitrogen and oxygen atoms in total. The molecule has 1 aromatic rings. The summed E-state index contributed by atoms with van der Waals surface area (Å²) >= 11 is 0. The van der Waals surface area contributed by atoms with Crippen LogP contribution in [0.1, 0.15) is 86.2 Å². The Balaban J connectivity index is 1.91. The number of hydrogen-bond acceptors (Lipinski definition) is 5. The molecule has 3 rings (SSSR count). The summed E-state index contributed by atoms with van der Waals surface area (Å²) in [6.07, 6.45) is 1.05. The fourth-order valence-corrected chi connectivity index (χ4v) is 6.33. The van der Waals surface area contributed by atoms with Gasteiger partial charge in [-0.05, 0) is 61.6 Å². The van der Waals surface area contributed by atoms with E-state index in [1.54, 1.807) is 4.90 Å². The summed E-state index contributed by atoms with van der Waals surface area (Å²) in [6.45, 7) is 4.61. The van der Waals surface area contributed by atoms with E-state index in [-0.39, 0.29) is 35.3 Å². The SMILES string of the molecule is CC(C)(CCS(C)(=O)=O)CNC1(N2CCC(c3c(C(N)=O)cccc3C(F)(F)F)C2=O)CCCCC1.